The number of pyridine rings is 1. The maximum absolute atomic E-state index is 10.0. The average Bonchev–Trinajstić information content (AvgIpc) is 2.38. The summed E-state index contributed by atoms with van der Waals surface area (Å²) < 4.78 is 0. The predicted octanol–water partition coefficient (Wildman–Crippen LogP) is 1.65. The highest BCUT2D eigenvalue weighted by atomic mass is 16.3. The SMILES string of the molecule is Cc1cccc(NCC(O)CN2CCCCC2)n1. The van der Waals surface area contributed by atoms with Gasteiger partial charge in [-0.2, -0.15) is 0 Å². The fraction of sp³-hybridized carbons (Fsp3) is 0.643. The van der Waals surface area contributed by atoms with Gasteiger partial charge >= 0.3 is 0 Å². The Morgan fingerprint density at radius 3 is 2.83 bits per heavy atom. The van der Waals surface area contributed by atoms with Crippen LogP contribution in [-0.4, -0.2) is 47.3 Å². The summed E-state index contributed by atoms with van der Waals surface area (Å²) in [5.74, 6) is 0.840. The molecule has 0 amide bonds. The second kappa shape index (κ2) is 6.71. The highest BCUT2D eigenvalue weighted by Gasteiger charge is 2.14. The second-order valence-electron chi connectivity index (χ2n) is 5.06. The lowest BCUT2D eigenvalue weighted by atomic mass is 10.1. The van der Waals surface area contributed by atoms with E-state index in [-0.39, 0.29) is 6.10 Å². The van der Waals surface area contributed by atoms with Gasteiger partial charge in [0.2, 0.25) is 0 Å². The Bertz CT molecular complexity index is 364. The summed E-state index contributed by atoms with van der Waals surface area (Å²) in [6, 6.07) is 5.87. The Morgan fingerprint density at radius 2 is 2.11 bits per heavy atom. The zero-order valence-corrected chi connectivity index (χ0v) is 11.1. The first-order valence-electron chi connectivity index (χ1n) is 6.82. The van der Waals surface area contributed by atoms with Crippen LogP contribution >= 0.6 is 0 Å². The highest BCUT2D eigenvalue weighted by molar-refractivity contribution is 5.35. The third-order valence-electron chi connectivity index (χ3n) is 3.32. The Kier molecular flexibility index (Phi) is 4.96. The first-order valence-corrected chi connectivity index (χ1v) is 6.82. The van der Waals surface area contributed by atoms with Crippen LogP contribution in [-0.2, 0) is 0 Å². The molecule has 1 saturated heterocycles. The van der Waals surface area contributed by atoms with Crippen molar-refractivity contribution in [2.24, 2.45) is 0 Å². The Morgan fingerprint density at radius 1 is 1.33 bits per heavy atom. The quantitative estimate of drug-likeness (QED) is 0.833. The van der Waals surface area contributed by atoms with E-state index in [0.717, 1.165) is 31.1 Å². The topological polar surface area (TPSA) is 48.4 Å². The fourth-order valence-corrected chi connectivity index (χ4v) is 2.37. The number of anilines is 1. The molecule has 1 unspecified atom stereocenters. The molecule has 1 aromatic rings. The average molecular weight is 249 g/mol. The number of β-amino-alcohol motifs (C(OH)–C–C–N with tert-alkyl or cyclic N) is 1. The lowest BCUT2D eigenvalue weighted by Gasteiger charge is -2.28. The van der Waals surface area contributed by atoms with Crippen molar-refractivity contribution < 1.29 is 5.11 Å². The summed E-state index contributed by atoms with van der Waals surface area (Å²) in [5.41, 5.74) is 0.991. The fourth-order valence-electron chi connectivity index (χ4n) is 2.37. The first-order chi connectivity index (χ1) is 8.74. The minimum absolute atomic E-state index is 0.328. The van der Waals surface area contributed by atoms with E-state index in [2.05, 4.69) is 15.2 Å². The van der Waals surface area contributed by atoms with Crippen molar-refractivity contribution in [2.45, 2.75) is 32.3 Å². The third-order valence-corrected chi connectivity index (χ3v) is 3.32. The predicted molar refractivity (Wildman–Crippen MR) is 73.8 cm³/mol. The number of hydrogen-bond acceptors (Lipinski definition) is 4. The van der Waals surface area contributed by atoms with E-state index in [0.29, 0.717) is 6.54 Å². The molecule has 4 heteroatoms. The van der Waals surface area contributed by atoms with Crippen molar-refractivity contribution in [2.75, 3.05) is 31.5 Å². The monoisotopic (exact) mass is 249 g/mol. The molecule has 1 aromatic heterocycles. The van der Waals surface area contributed by atoms with Crippen molar-refractivity contribution in [3.63, 3.8) is 0 Å². The van der Waals surface area contributed by atoms with Gasteiger partial charge in [-0.1, -0.05) is 12.5 Å². The molecule has 0 aromatic carbocycles. The molecule has 0 spiro atoms. The number of aliphatic hydroxyl groups excluding tert-OH is 1. The standard InChI is InChI=1S/C14H23N3O/c1-12-6-5-7-14(16-12)15-10-13(18)11-17-8-3-2-4-9-17/h5-7,13,18H,2-4,8-11H2,1H3,(H,15,16). The van der Waals surface area contributed by atoms with Crippen molar-refractivity contribution in [3.8, 4) is 0 Å². The molecule has 0 bridgehead atoms. The summed E-state index contributed by atoms with van der Waals surface area (Å²) in [7, 11) is 0. The number of nitrogens with one attached hydrogen (secondary N) is 1. The number of piperidine rings is 1. The third kappa shape index (κ3) is 4.27. The number of aliphatic hydroxyl groups is 1. The molecule has 4 nitrogen and oxygen atoms in total. The van der Waals surface area contributed by atoms with E-state index in [4.69, 9.17) is 0 Å². The number of rotatable bonds is 5. The molecule has 1 atom stereocenters. The molecule has 1 aliphatic rings. The lowest BCUT2D eigenvalue weighted by molar-refractivity contribution is 0.109. The molecular weight excluding hydrogens is 226 g/mol. The summed E-state index contributed by atoms with van der Waals surface area (Å²) in [5, 5.41) is 13.2. The summed E-state index contributed by atoms with van der Waals surface area (Å²) in [4.78, 5) is 6.70. The van der Waals surface area contributed by atoms with Crippen LogP contribution in [0.2, 0.25) is 0 Å². The van der Waals surface area contributed by atoms with Gasteiger partial charge in [-0.05, 0) is 45.0 Å². The van der Waals surface area contributed by atoms with Crippen LogP contribution in [0.1, 0.15) is 25.0 Å². The number of nitrogens with zero attached hydrogens (tertiary/aromatic N) is 2. The van der Waals surface area contributed by atoms with Crippen molar-refractivity contribution in [3.05, 3.63) is 23.9 Å². The van der Waals surface area contributed by atoms with E-state index in [1.54, 1.807) is 0 Å². The van der Waals surface area contributed by atoms with E-state index in [1.165, 1.54) is 19.3 Å². The Balaban J connectivity index is 1.72. The van der Waals surface area contributed by atoms with Crippen LogP contribution in [0.4, 0.5) is 5.82 Å². The lowest BCUT2D eigenvalue weighted by Crippen LogP contribution is -2.39. The van der Waals surface area contributed by atoms with E-state index in [9.17, 15) is 5.11 Å². The molecule has 0 aliphatic carbocycles. The molecular formula is C14H23N3O. The minimum Gasteiger partial charge on any atom is -0.390 e. The molecule has 18 heavy (non-hydrogen) atoms. The van der Waals surface area contributed by atoms with E-state index >= 15 is 0 Å². The summed E-state index contributed by atoms with van der Waals surface area (Å²) >= 11 is 0. The van der Waals surface area contributed by atoms with Gasteiger partial charge in [0.1, 0.15) is 5.82 Å². The van der Waals surface area contributed by atoms with Gasteiger partial charge < -0.3 is 15.3 Å². The molecule has 2 rings (SSSR count). The van der Waals surface area contributed by atoms with E-state index < -0.39 is 0 Å². The number of aromatic nitrogens is 1. The number of likely N-dealkylation sites (tertiary alicyclic amines) is 1. The molecule has 0 saturated carbocycles. The molecule has 2 heterocycles. The largest absolute Gasteiger partial charge is 0.390 e. The smallest absolute Gasteiger partial charge is 0.126 e. The van der Waals surface area contributed by atoms with Crippen LogP contribution in [0.3, 0.4) is 0 Å². The normalized spacial score (nSPS) is 18.6. The van der Waals surface area contributed by atoms with Crippen molar-refractivity contribution >= 4 is 5.82 Å². The molecule has 1 fully saturated rings. The van der Waals surface area contributed by atoms with Gasteiger partial charge in [-0.15, -0.1) is 0 Å². The van der Waals surface area contributed by atoms with Crippen LogP contribution < -0.4 is 5.32 Å². The molecule has 0 radical (unpaired) electrons. The van der Waals surface area contributed by atoms with Gasteiger partial charge in [-0.3, -0.25) is 0 Å². The minimum atomic E-state index is -0.328. The molecule has 100 valence electrons. The Labute approximate surface area is 109 Å². The van der Waals surface area contributed by atoms with Crippen LogP contribution in [0.25, 0.3) is 0 Å². The zero-order chi connectivity index (χ0) is 12.8. The number of hydrogen-bond donors (Lipinski definition) is 2. The zero-order valence-electron chi connectivity index (χ0n) is 11.1. The summed E-state index contributed by atoms with van der Waals surface area (Å²) in [6.45, 7) is 5.54. The van der Waals surface area contributed by atoms with Gasteiger partial charge in [0.25, 0.3) is 0 Å². The van der Waals surface area contributed by atoms with Gasteiger partial charge in [0.05, 0.1) is 6.10 Å². The van der Waals surface area contributed by atoms with E-state index in [1.807, 2.05) is 25.1 Å². The Hall–Kier alpha value is -1.13. The molecule has 2 N–H and O–H groups in total. The highest BCUT2D eigenvalue weighted by Crippen LogP contribution is 2.09. The molecule has 1 aliphatic heterocycles. The summed E-state index contributed by atoms with van der Waals surface area (Å²) in [6.07, 6.45) is 3.53. The first kappa shape index (κ1) is 13.3. The van der Waals surface area contributed by atoms with Crippen molar-refractivity contribution in [1.82, 2.24) is 9.88 Å². The number of aryl methyl sites for hydroxylation is 1. The van der Waals surface area contributed by atoms with Crippen LogP contribution in [0.15, 0.2) is 18.2 Å². The van der Waals surface area contributed by atoms with Gasteiger partial charge in [0, 0.05) is 18.8 Å². The van der Waals surface area contributed by atoms with Crippen LogP contribution in [0, 0.1) is 6.92 Å². The maximum Gasteiger partial charge on any atom is 0.126 e. The van der Waals surface area contributed by atoms with Crippen LogP contribution in [0.5, 0.6) is 0 Å². The second-order valence-corrected chi connectivity index (χ2v) is 5.06. The van der Waals surface area contributed by atoms with Gasteiger partial charge in [0.15, 0.2) is 0 Å². The van der Waals surface area contributed by atoms with Gasteiger partial charge in [-0.25, -0.2) is 4.98 Å². The maximum atomic E-state index is 10.0. The van der Waals surface area contributed by atoms with Crippen molar-refractivity contribution in [1.29, 1.82) is 0 Å².